The van der Waals surface area contributed by atoms with Gasteiger partial charge in [0.2, 0.25) is 5.91 Å². The molecule has 0 unspecified atom stereocenters. The van der Waals surface area contributed by atoms with Crippen molar-refractivity contribution in [2.24, 2.45) is 5.92 Å². The van der Waals surface area contributed by atoms with Crippen molar-refractivity contribution in [2.75, 3.05) is 0 Å². The molecule has 1 saturated carbocycles. The molecule has 0 radical (unpaired) electrons. The number of amides is 1. The summed E-state index contributed by atoms with van der Waals surface area (Å²) in [5.41, 5.74) is 1.26. The van der Waals surface area contributed by atoms with E-state index >= 15 is 0 Å². The first-order valence-electron chi connectivity index (χ1n) is 6.92. The largest absolute Gasteiger partial charge is 0.349 e. The molecule has 0 spiro atoms. The summed E-state index contributed by atoms with van der Waals surface area (Å²) in [4.78, 5) is 12.1. The van der Waals surface area contributed by atoms with E-state index < -0.39 is 0 Å². The van der Waals surface area contributed by atoms with E-state index in [0.29, 0.717) is 12.5 Å². The highest BCUT2D eigenvalue weighted by Gasteiger charge is 2.43. The van der Waals surface area contributed by atoms with Crippen molar-refractivity contribution < 1.29 is 4.79 Å². The zero-order chi connectivity index (χ0) is 13.9. The number of aryl methyl sites for hydroxylation is 1. The second-order valence-corrected chi connectivity index (χ2v) is 6.17. The van der Waals surface area contributed by atoms with E-state index in [0.717, 1.165) is 22.9 Å². The number of rotatable bonds is 5. The van der Waals surface area contributed by atoms with Crippen molar-refractivity contribution >= 4 is 17.2 Å². The third kappa shape index (κ3) is 2.88. The van der Waals surface area contributed by atoms with Gasteiger partial charge in [0.1, 0.15) is 10.0 Å². The zero-order valence-electron chi connectivity index (χ0n) is 11.4. The molecule has 1 N–H and O–H groups in total. The van der Waals surface area contributed by atoms with E-state index in [9.17, 15) is 4.79 Å². The van der Waals surface area contributed by atoms with Crippen LogP contribution in [-0.4, -0.2) is 16.1 Å². The summed E-state index contributed by atoms with van der Waals surface area (Å²) in [6.07, 6.45) is 1.84. The van der Waals surface area contributed by atoms with Crippen LogP contribution in [0.4, 0.5) is 0 Å². The fraction of sp³-hybridized carbons (Fsp3) is 0.400. The number of hydrogen-bond donors (Lipinski definition) is 1. The molecule has 1 fully saturated rings. The SMILES string of the molecule is CCc1nnc(CNC(=O)[C@H]2C[C@@H]2c2ccccc2)s1. The topological polar surface area (TPSA) is 54.9 Å². The van der Waals surface area contributed by atoms with Gasteiger partial charge in [-0.05, 0) is 24.3 Å². The smallest absolute Gasteiger partial charge is 0.224 e. The molecular weight excluding hydrogens is 270 g/mol. The summed E-state index contributed by atoms with van der Waals surface area (Å²) in [6.45, 7) is 2.55. The number of nitrogens with one attached hydrogen (secondary N) is 1. The van der Waals surface area contributed by atoms with Gasteiger partial charge < -0.3 is 5.32 Å². The summed E-state index contributed by atoms with van der Waals surface area (Å²) >= 11 is 1.57. The predicted molar refractivity (Wildman–Crippen MR) is 78.4 cm³/mol. The Morgan fingerprint density at radius 1 is 1.30 bits per heavy atom. The van der Waals surface area contributed by atoms with Crippen LogP contribution in [0.25, 0.3) is 0 Å². The lowest BCUT2D eigenvalue weighted by molar-refractivity contribution is -0.122. The number of hydrogen-bond acceptors (Lipinski definition) is 4. The fourth-order valence-electron chi connectivity index (χ4n) is 2.35. The lowest BCUT2D eigenvalue weighted by Crippen LogP contribution is -2.24. The number of carbonyl (C=O) groups is 1. The molecule has 1 aliphatic carbocycles. The van der Waals surface area contributed by atoms with Crippen LogP contribution >= 0.6 is 11.3 Å². The number of nitrogens with zero attached hydrogens (tertiary/aromatic N) is 2. The highest BCUT2D eigenvalue weighted by atomic mass is 32.1. The van der Waals surface area contributed by atoms with Gasteiger partial charge in [-0.25, -0.2) is 0 Å². The Labute approximate surface area is 122 Å². The van der Waals surface area contributed by atoms with Crippen molar-refractivity contribution in [3.63, 3.8) is 0 Å². The van der Waals surface area contributed by atoms with Gasteiger partial charge in [0.25, 0.3) is 0 Å². The molecule has 0 aliphatic heterocycles. The molecule has 3 rings (SSSR count). The van der Waals surface area contributed by atoms with E-state index in [-0.39, 0.29) is 11.8 Å². The first-order chi connectivity index (χ1) is 9.78. The van der Waals surface area contributed by atoms with Crippen LogP contribution in [-0.2, 0) is 17.8 Å². The summed E-state index contributed by atoms with van der Waals surface area (Å²) in [5.74, 6) is 0.639. The van der Waals surface area contributed by atoms with Crippen LogP contribution in [0.1, 0.15) is 34.8 Å². The number of carbonyl (C=O) groups excluding carboxylic acids is 1. The summed E-state index contributed by atoms with van der Waals surface area (Å²) in [5, 5.41) is 13.0. The Morgan fingerprint density at radius 3 is 2.75 bits per heavy atom. The lowest BCUT2D eigenvalue weighted by atomic mass is 10.1. The van der Waals surface area contributed by atoms with Crippen LogP contribution in [0.2, 0.25) is 0 Å². The van der Waals surface area contributed by atoms with Gasteiger partial charge in [0.05, 0.1) is 6.54 Å². The molecule has 2 atom stereocenters. The average molecular weight is 287 g/mol. The Hall–Kier alpha value is -1.75. The Balaban J connectivity index is 1.51. The Morgan fingerprint density at radius 2 is 2.05 bits per heavy atom. The van der Waals surface area contributed by atoms with Crippen LogP contribution in [0.15, 0.2) is 30.3 Å². The van der Waals surface area contributed by atoms with E-state index in [4.69, 9.17) is 0 Å². The van der Waals surface area contributed by atoms with E-state index in [1.54, 1.807) is 11.3 Å². The molecule has 2 aromatic rings. The van der Waals surface area contributed by atoms with E-state index in [1.807, 2.05) is 18.2 Å². The standard InChI is InChI=1S/C15H17N3OS/c1-2-13-17-18-14(20-13)9-16-15(19)12-8-11(12)10-6-4-3-5-7-10/h3-7,11-12H,2,8-9H2,1H3,(H,16,19)/t11-,12+/m1/s1. The molecule has 0 bridgehead atoms. The van der Waals surface area contributed by atoms with Gasteiger partial charge in [-0.1, -0.05) is 48.6 Å². The van der Waals surface area contributed by atoms with Crippen LogP contribution in [0.3, 0.4) is 0 Å². The summed E-state index contributed by atoms with van der Waals surface area (Å²) < 4.78 is 0. The summed E-state index contributed by atoms with van der Waals surface area (Å²) in [7, 11) is 0. The monoisotopic (exact) mass is 287 g/mol. The van der Waals surface area contributed by atoms with Crippen molar-refractivity contribution in [3.05, 3.63) is 45.9 Å². The minimum atomic E-state index is 0.121. The number of aromatic nitrogens is 2. The molecule has 1 aromatic heterocycles. The maximum Gasteiger partial charge on any atom is 0.224 e. The summed E-state index contributed by atoms with van der Waals surface area (Å²) in [6, 6.07) is 10.2. The van der Waals surface area contributed by atoms with Crippen molar-refractivity contribution in [1.82, 2.24) is 15.5 Å². The predicted octanol–water partition coefficient (Wildman–Crippen LogP) is 2.52. The van der Waals surface area contributed by atoms with E-state index in [1.165, 1.54) is 5.56 Å². The van der Waals surface area contributed by atoms with Gasteiger partial charge in [0, 0.05) is 5.92 Å². The molecule has 104 valence electrons. The van der Waals surface area contributed by atoms with Gasteiger partial charge in [-0.15, -0.1) is 10.2 Å². The van der Waals surface area contributed by atoms with Crippen molar-refractivity contribution in [2.45, 2.75) is 32.2 Å². The molecule has 1 amide bonds. The fourth-order valence-corrected chi connectivity index (χ4v) is 3.07. The highest BCUT2D eigenvalue weighted by Crippen LogP contribution is 2.47. The normalized spacial score (nSPS) is 20.6. The molecule has 5 heteroatoms. The quantitative estimate of drug-likeness (QED) is 0.919. The maximum absolute atomic E-state index is 12.1. The molecule has 0 saturated heterocycles. The van der Waals surface area contributed by atoms with Gasteiger partial charge in [0.15, 0.2) is 0 Å². The third-order valence-corrected chi connectivity index (χ3v) is 4.65. The van der Waals surface area contributed by atoms with Crippen molar-refractivity contribution in [1.29, 1.82) is 0 Å². The van der Waals surface area contributed by atoms with Crippen LogP contribution in [0, 0.1) is 5.92 Å². The second-order valence-electron chi connectivity index (χ2n) is 5.02. The highest BCUT2D eigenvalue weighted by molar-refractivity contribution is 7.11. The second kappa shape index (κ2) is 5.71. The Bertz CT molecular complexity index is 596. The molecular formula is C15H17N3OS. The minimum Gasteiger partial charge on any atom is -0.349 e. The lowest BCUT2D eigenvalue weighted by Gasteiger charge is -2.02. The van der Waals surface area contributed by atoms with Crippen molar-refractivity contribution in [3.8, 4) is 0 Å². The van der Waals surface area contributed by atoms with Gasteiger partial charge in [-0.3, -0.25) is 4.79 Å². The third-order valence-electron chi connectivity index (χ3n) is 3.58. The molecule has 20 heavy (non-hydrogen) atoms. The molecule has 1 aromatic carbocycles. The first kappa shape index (κ1) is 13.2. The van der Waals surface area contributed by atoms with Crippen LogP contribution < -0.4 is 5.32 Å². The first-order valence-corrected chi connectivity index (χ1v) is 7.73. The molecule has 1 aliphatic rings. The average Bonchev–Trinajstić information content (AvgIpc) is 3.17. The van der Waals surface area contributed by atoms with Gasteiger partial charge in [-0.2, -0.15) is 0 Å². The van der Waals surface area contributed by atoms with E-state index in [2.05, 4.69) is 34.6 Å². The number of benzene rings is 1. The van der Waals surface area contributed by atoms with Gasteiger partial charge >= 0.3 is 0 Å². The molecule has 4 nitrogen and oxygen atoms in total. The minimum absolute atomic E-state index is 0.121. The van der Waals surface area contributed by atoms with Crippen LogP contribution in [0.5, 0.6) is 0 Å². The Kier molecular flexibility index (Phi) is 3.78. The molecule has 1 heterocycles. The zero-order valence-corrected chi connectivity index (χ0v) is 12.2. The maximum atomic E-state index is 12.1.